The monoisotopic (exact) mass is 384 g/mol. The highest BCUT2D eigenvalue weighted by atomic mass is 16.4. The minimum absolute atomic E-state index is 0.0590. The molecule has 27 heavy (non-hydrogen) atoms. The zero-order chi connectivity index (χ0) is 20.8. The third-order valence-corrected chi connectivity index (χ3v) is 4.06. The summed E-state index contributed by atoms with van der Waals surface area (Å²) in [6, 6.07) is 0. The number of hydrogen-bond acceptors (Lipinski definition) is 3. The number of carbonyl (C=O) groups is 1. The first kappa shape index (κ1) is 28.1. The summed E-state index contributed by atoms with van der Waals surface area (Å²) in [4.78, 5) is 10.3. The van der Waals surface area contributed by atoms with Gasteiger partial charge in [-0.3, -0.25) is 4.79 Å². The second-order valence-corrected chi connectivity index (χ2v) is 7.66. The molecule has 0 aromatic heterocycles. The van der Waals surface area contributed by atoms with Gasteiger partial charge in [0.15, 0.2) is 0 Å². The Morgan fingerprint density at radius 3 is 1.81 bits per heavy atom. The molecule has 0 radical (unpaired) electrons. The van der Waals surface area contributed by atoms with E-state index in [1.807, 2.05) is 0 Å². The lowest BCUT2D eigenvalue weighted by molar-refractivity contribution is -0.137. The van der Waals surface area contributed by atoms with E-state index >= 15 is 0 Å². The molecule has 0 atom stereocenters. The van der Waals surface area contributed by atoms with Crippen LogP contribution in [0.1, 0.15) is 104 Å². The predicted octanol–water partition coefficient (Wildman–Crippen LogP) is 6.02. The Labute approximate surface area is 167 Å². The van der Waals surface area contributed by atoms with Gasteiger partial charge in [0.05, 0.1) is 5.60 Å². The lowest BCUT2D eigenvalue weighted by Crippen LogP contribution is -2.19. The molecule has 0 saturated heterocycles. The quantitative estimate of drug-likeness (QED) is 0.224. The first-order valence-electron chi connectivity index (χ1n) is 10.7. The van der Waals surface area contributed by atoms with E-state index in [9.17, 15) is 4.79 Å². The maximum Gasteiger partial charge on any atom is 0.303 e. The van der Waals surface area contributed by atoms with E-state index in [4.69, 9.17) is 15.3 Å². The van der Waals surface area contributed by atoms with Gasteiger partial charge in [-0.2, -0.15) is 0 Å². The Bertz CT molecular complexity index is 367. The summed E-state index contributed by atoms with van der Waals surface area (Å²) in [6.07, 6.45) is 22.7. The molecule has 0 amide bonds. The minimum Gasteiger partial charge on any atom is -0.481 e. The van der Waals surface area contributed by atoms with Gasteiger partial charge in [0.2, 0.25) is 0 Å². The van der Waals surface area contributed by atoms with Crippen molar-refractivity contribution in [3.63, 3.8) is 0 Å². The van der Waals surface area contributed by atoms with Crippen molar-refractivity contribution >= 4 is 5.97 Å². The van der Waals surface area contributed by atoms with Crippen LogP contribution in [0.3, 0.4) is 0 Å². The molecule has 0 heterocycles. The SMILES string of the molecule is CC(C)(O)CCO.CCCCC/C=C\C/C=C\CCCCCCCC(=O)O. The van der Waals surface area contributed by atoms with Crippen LogP contribution in [0, 0.1) is 0 Å². The zero-order valence-electron chi connectivity index (χ0n) is 18.0. The van der Waals surface area contributed by atoms with Gasteiger partial charge in [-0.05, 0) is 58.8 Å². The predicted molar refractivity (Wildman–Crippen MR) is 115 cm³/mol. The van der Waals surface area contributed by atoms with Crippen LogP contribution in [-0.4, -0.2) is 33.5 Å². The lowest BCUT2D eigenvalue weighted by Gasteiger charge is -2.13. The molecule has 0 aliphatic carbocycles. The Balaban J connectivity index is 0. The van der Waals surface area contributed by atoms with E-state index in [1.165, 1.54) is 44.9 Å². The van der Waals surface area contributed by atoms with Crippen LogP contribution in [0.25, 0.3) is 0 Å². The fraction of sp³-hybridized carbons (Fsp3) is 0.783. The second kappa shape index (κ2) is 21.2. The molecule has 0 saturated carbocycles. The number of allylic oxidation sites excluding steroid dienone is 4. The first-order chi connectivity index (χ1) is 12.8. The highest BCUT2D eigenvalue weighted by Gasteiger charge is 2.09. The number of aliphatic hydroxyl groups excluding tert-OH is 1. The van der Waals surface area contributed by atoms with E-state index in [1.54, 1.807) is 13.8 Å². The Kier molecular flexibility index (Phi) is 22.0. The summed E-state index contributed by atoms with van der Waals surface area (Å²) in [5.41, 5.74) is -0.700. The summed E-state index contributed by atoms with van der Waals surface area (Å²) in [5.74, 6) is -0.671. The molecular weight excluding hydrogens is 340 g/mol. The number of aliphatic carboxylic acids is 1. The molecule has 4 nitrogen and oxygen atoms in total. The second-order valence-electron chi connectivity index (χ2n) is 7.66. The summed E-state index contributed by atoms with van der Waals surface area (Å²) < 4.78 is 0. The number of carboxylic acids is 1. The van der Waals surface area contributed by atoms with Crippen LogP contribution in [0.4, 0.5) is 0 Å². The standard InChI is InChI=1S/C18H32O2.C5H12O2/c1-2-3-4-5-6-7-8-9-10-11-12-13-14-15-16-17-18(19)20;1-5(2,7)3-4-6/h6-7,9-10H,2-5,8,11-17H2,1H3,(H,19,20);6-7H,3-4H2,1-2H3/b7-6-,10-9-;. The number of unbranched alkanes of at least 4 members (excludes halogenated alkanes) is 8. The van der Waals surface area contributed by atoms with Crippen molar-refractivity contribution in [2.45, 2.75) is 110 Å². The van der Waals surface area contributed by atoms with Gasteiger partial charge in [0.1, 0.15) is 0 Å². The lowest BCUT2D eigenvalue weighted by atomic mass is 10.1. The minimum atomic E-state index is -0.700. The molecule has 0 aliphatic rings. The number of aliphatic hydroxyl groups is 2. The van der Waals surface area contributed by atoms with Gasteiger partial charge < -0.3 is 15.3 Å². The van der Waals surface area contributed by atoms with E-state index in [-0.39, 0.29) is 6.61 Å². The average Bonchev–Trinajstić information content (AvgIpc) is 2.57. The van der Waals surface area contributed by atoms with E-state index < -0.39 is 11.6 Å². The molecule has 3 N–H and O–H groups in total. The molecule has 0 unspecified atom stereocenters. The van der Waals surface area contributed by atoms with Crippen molar-refractivity contribution in [1.29, 1.82) is 0 Å². The first-order valence-corrected chi connectivity index (χ1v) is 10.7. The highest BCUT2D eigenvalue weighted by Crippen LogP contribution is 2.08. The van der Waals surface area contributed by atoms with E-state index in [2.05, 4.69) is 31.2 Å². The molecule has 4 heteroatoms. The van der Waals surface area contributed by atoms with Crippen molar-refractivity contribution in [1.82, 2.24) is 0 Å². The van der Waals surface area contributed by atoms with Crippen molar-refractivity contribution in [2.24, 2.45) is 0 Å². The topological polar surface area (TPSA) is 77.8 Å². The normalized spacial score (nSPS) is 11.7. The van der Waals surface area contributed by atoms with Gasteiger partial charge in [-0.1, -0.05) is 63.3 Å². The summed E-state index contributed by atoms with van der Waals surface area (Å²) in [5, 5.41) is 25.6. The average molecular weight is 385 g/mol. The van der Waals surface area contributed by atoms with Gasteiger partial charge in [0.25, 0.3) is 0 Å². The van der Waals surface area contributed by atoms with Gasteiger partial charge in [-0.15, -0.1) is 0 Å². The third-order valence-electron chi connectivity index (χ3n) is 4.06. The van der Waals surface area contributed by atoms with Gasteiger partial charge in [0, 0.05) is 13.0 Å². The van der Waals surface area contributed by atoms with Crippen LogP contribution in [0.5, 0.6) is 0 Å². The van der Waals surface area contributed by atoms with Crippen molar-refractivity contribution in [3.05, 3.63) is 24.3 Å². The number of rotatable bonds is 16. The maximum atomic E-state index is 10.3. The van der Waals surface area contributed by atoms with E-state index in [0.717, 1.165) is 25.7 Å². The van der Waals surface area contributed by atoms with E-state index in [0.29, 0.717) is 12.8 Å². The van der Waals surface area contributed by atoms with Crippen LogP contribution in [0.15, 0.2) is 24.3 Å². The maximum absolute atomic E-state index is 10.3. The molecule has 0 spiro atoms. The van der Waals surface area contributed by atoms with Crippen molar-refractivity contribution in [3.8, 4) is 0 Å². The van der Waals surface area contributed by atoms with Crippen LogP contribution in [-0.2, 0) is 4.79 Å². The number of hydrogen-bond donors (Lipinski definition) is 3. The summed E-state index contributed by atoms with van der Waals surface area (Å²) in [6.45, 7) is 5.63. The molecular formula is C23H44O4. The fourth-order valence-corrected chi connectivity index (χ4v) is 2.36. The third kappa shape index (κ3) is 32.9. The molecule has 0 aliphatic heterocycles. The fourth-order valence-electron chi connectivity index (χ4n) is 2.36. The Morgan fingerprint density at radius 2 is 1.37 bits per heavy atom. The van der Waals surface area contributed by atoms with Crippen molar-refractivity contribution < 1.29 is 20.1 Å². The molecule has 160 valence electrons. The van der Waals surface area contributed by atoms with Gasteiger partial charge >= 0.3 is 5.97 Å². The van der Waals surface area contributed by atoms with Crippen molar-refractivity contribution in [2.75, 3.05) is 6.61 Å². The highest BCUT2D eigenvalue weighted by molar-refractivity contribution is 5.66. The molecule has 0 fully saturated rings. The smallest absolute Gasteiger partial charge is 0.303 e. The molecule has 0 aromatic carbocycles. The zero-order valence-corrected chi connectivity index (χ0v) is 18.0. The largest absolute Gasteiger partial charge is 0.481 e. The Morgan fingerprint density at radius 1 is 0.852 bits per heavy atom. The van der Waals surface area contributed by atoms with Gasteiger partial charge in [-0.25, -0.2) is 0 Å². The molecule has 0 rings (SSSR count). The summed E-state index contributed by atoms with van der Waals surface area (Å²) in [7, 11) is 0. The van der Waals surface area contributed by atoms with Crippen LogP contribution in [0.2, 0.25) is 0 Å². The summed E-state index contributed by atoms with van der Waals surface area (Å²) >= 11 is 0. The Hall–Kier alpha value is -1.13. The molecule has 0 bridgehead atoms. The number of carboxylic acid groups (broad SMARTS) is 1. The molecule has 0 aromatic rings. The van der Waals surface area contributed by atoms with Crippen LogP contribution >= 0.6 is 0 Å². The van der Waals surface area contributed by atoms with Crippen LogP contribution < -0.4 is 0 Å².